The fourth-order valence-corrected chi connectivity index (χ4v) is 2.16. The highest BCUT2D eigenvalue weighted by molar-refractivity contribution is 9.10. The van der Waals surface area contributed by atoms with E-state index in [0.29, 0.717) is 18.0 Å². The molecular weight excluding hydrogens is 346 g/mol. The number of benzene rings is 2. The molecule has 0 unspecified atom stereocenters. The zero-order valence-electron chi connectivity index (χ0n) is 12.6. The number of hydrogen-bond donors (Lipinski definition) is 0. The molecule has 2 aromatic carbocycles. The molecule has 0 spiro atoms. The van der Waals surface area contributed by atoms with Gasteiger partial charge in [-0.25, -0.2) is 0 Å². The second-order valence-electron chi connectivity index (χ2n) is 4.84. The third kappa shape index (κ3) is 4.77. The highest BCUT2D eigenvalue weighted by atomic mass is 79.9. The Morgan fingerprint density at radius 2 is 1.82 bits per heavy atom. The van der Waals surface area contributed by atoms with Crippen LogP contribution in [0.4, 0.5) is 0 Å². The first-order chi connectivity index (χ1) is 10.6. The Morgan fingerprint density at radius 1 is 1.14 bits per heavy atom. The normalized spacial score (nSPS) is 10.1. The van der Waals surface area contributed by atoms with Crippen LogP contribution in [0.25, 0.3) is 0 Å². The number of methoxy groups -OCH3 is 1. The smallest absolute Gasteiger partial charge is 0.260 e. The fraction of sp³-hybridized carbons (Fsp3) is 0.235. The molecule has 0 radical (unpaired) electrons. The number of hydrogen-bond acceptors (Lipinski definition) is 3. The van der Waals surface area contributed by atoms with Gasteiger partial charge < -0.3 is 14.4 Å². The van der Waals surface area contributed by atoms with Crippen LogP contribution < -0.4 is 9.47 Å². The van der Waals surface area contributed by atoms with Gasteiger partial charge in [-0.1, -0.05) is 34.1 Å². The Balaban J connectivity index is 1.86. The molecule has 22 heavy (non-hydrogen) atoms. The van der Waals surface area contributed by atoms with Gasteiger partial charge in [0.25, 0.3) is 5.91 Å². The van der Waals surface area contributed by atoms with Crippen molar-refractivity contribution >= 4 is 21.8 Å². The van der Waals surface area contributed by atoms with Crippen LogP contribution >= 0.6 is 15.9 Å². The monoisotopic (exact) mass is 363 g/mol. The summed E-state index contributed by atoms with van der Waals surface area (Å²) in [5, 5.41) is 0. The predicted octanol–water partition coefficient (Wildman–Crippen LogP) is 3.50. The van der Waals surface area contributed by atoms with E-state index < -0.39 is 0 Å². The average molecular weight is 364 g/mol. The van der Waals surface area contributed by atoms with Crippen molar-refractivity contribution in [3.63, 3.8) is 0 Å². The second kappa shape index (κ2) is 7.84. The SMILES string of the molecule is COc1cccc(OCC(=O)N(C)Cc2ccc(Br)cc2)c1. The maximum atomic E-state index is 12.1. The molecule has 0 N–H and O–H groups in total. The summed E-state index contributed by atoms with van der Waals surface area (Å²) in [6, 6.07) is 15.1. The molecule has 0 fully saturated rings. The highest BCUT2D eigenvalue weighted by Crippen LogP contribution is 2.19. The zero-order chi connectivity index (χ0) is 15.9. The minimum absolute atomic E-state index is 0.000194. The maximum absolute atomic E-state index is 12.1. The molecule has 0 saturated carbocycles. The van der Waals surface area contributed by atoms with Gasteiger partial charge >= 0.3 is 0 Å². The maximum Gasteiger partial charge on any atom is 0.260 e. The lowest BCUT2D eigenvalue weighted by Gasteiger charge is -2.17. The van der Waals surface area contributed by atoms with Gasteiger partial charge in [0, 0.05) is 24.1 Å². The summed E-state index contributed by atoms with van der Waals surface area (Å²) in [5.41, 5.74) is 1.07. The number of amides is 1. The highest BCUT2D eigenvalue weighted by Gasteiger charge is 2.10. The van der Waals surface area contributed by atoms with Crippen LogP contribution in [0.5, 0.6) is 11.5 Å². The van der Waals surface area contributed by atoms with E-state index in [1.165, 1.54) is 0 Å². The number of rotatable bonds is 6. The molecule has 5 heteroatoms. The topological polar surface area (TPSA) is 38.8 Å². The molecule has 0 saturated heterocycles. The number of halogens is 1. The molecule has 1 amide bonds. The average Bonchev–Trinajstić information content (AvgIpc) is 2.54. The van der Waals surface area contributed by atoms with E-state index in [4.69, 9.17) is 9.47 Å². The van der Waals surface area contributed by atoms with Crippen LogP contribution in [-0.2, 0) is 11.3 Å². The Labute approximate surface area is 138 Å². The molecule has 0 heterocycles. The van der Waals surface area contributed by atoms with Crippen molar-refractivity contribution < 1.29 is 14.3 Å². The van der Waals surface area contributed by atoms with Crippen LogP contribution in [-0.4, -0.2) is 31.6 Å². The van der Waals surface area contributed by atoms with Crippen LogP contribution in [0.2, 0.25) is 0 Å². The third-order valence-corrected chi connectivity index (χ3v) is 3.69. The lowest BCUT2D eigenvalue weighted by molar-refractivity contribution is -0.132. The fourth-order valence-electron chi connectivity index (χ4n) is 1.90. The molecule has 0 bridgehead atoms. The van der Waals surface area contributed by atoms with Crippen LogP contribution in [0.3, 0.4) is 0 Å². The summed E-state index contributed by atoms with van der Waals surface area (Å²) in [6.45, 7) is 0.549. The lowest BCUT2D eigenvalue weighted by Crippen LogP contribution is -2.30. The summed E-state index contributed by atoms with van der Waals surface area (Å²) in [7, 11) is 3.36. The van der Waals surface area contributed by atoms with E-state index in [1.54, 1.807) is 31.2 Å². The van der Waals surface area contributed by atoms with Crippen LogP contribution in [0, 0.1) is 0 Å². The van der Waals surface area contributed by atoms with Crippen molar-refractivity contribution in [1.29, 1.82) is 0 Å². The summed E-state index contributed by atoms with van der Waals surface area (Å²) < 4.78 is 11.6. The predicted molar refractivity (Wildman–Crippen MR) is 89.1 cm³/mol. The first-order valence-electron chi connectivity index (χ1n) is 6.84. The molecule has 0 aliphatic rings. The van der Waals surface area contributed by atoms with E-state index in [9.17, 15) is 4.79 Å². The Hall–Kier alpha value is -2.01. The van der Waals surface area contributed by atoms with E-state index >= 15 is 0 Å². The molecule has 2 aromatic rings. The summed E-state index contributed by atoms with van der Waals surface area (Å²) in [4.78, 5) is 13.7. The van der Waals surface area contributed by atoms with Gasteiger partial charge in [0.2, 0.25) is 0 Å². The van der Waals surface area contributed by atoms with Crippen molar-refractivity contribution in [3.8, 4) is 11.5 Å². The van der Waals surface area contributed by atoms with Gasteiger partial charge in [-0.15, -0.1) is 0 Å². The summed E-state index contributed by atoms with van der Waals surface area (Å²) >= 11 is 3.39. The van der Waals surface area contributed by atoms with Gasteiger partial charge in [0.05, 0.1) is 7.11 Å². The number of carbonyl (C=O) groups excluding carboxylic acids is 1. The number of ether oxygens (including phenoxy) is 2. The molecule has 116 valence electrons. The minimum atomic E-state index is -0.0780. The van der Waals surface area contributed by atoms with E-state index in [-0.39, 0.29) is 12.5 Å². The third-order valence-electron chi connectivity index (χ3n) is 3.16. The van der Waals surface area contributed by atoms with Gasteiger partial charge in [-0.2, -0.15) is 0 Å². The van der Waals surface area contributed by atoms with E-state index in [1.807, 2.05) is 36.4 Å². The van der Waals surface area contributed by atoms with Crippen LogP contribution in [0.15, 0.2) is 53.0 Å². The Morgan fingerprint density at radius 3 is 2.50 bits per heavy atom. The molecular formula is C17H18BrNO3. The summed E-state index contributed by atoms with van der Waals surface area (Å²) in [5.74, 6) is 1.24. The van der Waals surface area contributed by atoms with E-state index in [2.05, 4.69) is 15.9 Å². The number of nitrogens with zero attached hydrogens (tertiary/aromatic N) is 1. The van der Waals surface area contributed by atoms with Crippen LogP contribution in [0.1, 0.15) is 5.56 Å². The quantitative estimate of drug-likeness (QED) is 0.788. The standard InChI is InChI=1S/C17H18BrNO3/c1-19(11-13-6-8-14(18)9-7-13)17(20)12-22-16-5-3-4-15(10-16)21-2/h3-10H,11-12H2,1-2H3. The molecule has 0 atom stereocenters. The number of likely N-dealkylation sites (N-methyl/N-ethyl adjacent to an activating group) is 1. The zero-order valence-corrected chi connectivity index (χ0v) is 14.2. The first kappa shape index (κ1) is 16.4. The van der Waals surface area contributed by atoms with Gasteiger partial charge in [0.1, 0.15) is 11.5 Å². The lowest BCUT2D eigenvalue weighted by atomic mass is 10.2. The van der Waals surface area contributed by atoms with Gasteiger partial charge in [0.15, 0.2) is 6.61 Å². The first-order valence-corrected chi connectivity index (χ1v) is 7.63. The van der Waals surface area contributed by atoms with Gasteiger partial charge in [-0.3, -0.25) is 4.79 Å². The number of carbonyl (C=O) groups is 1. The molecule has 0 aromatic heterocycles. The largest absolute Gasteiger partial charge is 0.497 e. The van der Waals surface area contributed by atoms with Crippen molar-refractivity contribution in [1.82, 2.24) is 4.90 Å². The van der Waals surface area contributed by atoms with Crippen molar-refractivity contribution in [2.75, 3.05) is 20.8 Å². The summed E-state index contributed by atoms with van der Waals surface area (Å²) in [6.07, 6.45) is 0. The molecule has 0 aliphatic heterocycles. The molecule has 4 nitrogen and oxygen atoms in total. The van der Waals surface area contributed by atoms with Crippen molar-refractivity contribution in [2.45, 2.75) is 6.54 Å². The molecule has 2 rings (SSSR count). The second-order valence-corrected chi connectivity index (χ2v) is 5.76. The van der Waals surface area contributed by atoms with Gasteiger partial charge in [-0.05, 0) is 29.8 Å². The Bertz CT molecular complexity index is 628. The molecule has 0 aliphatic carbocycles. The minimum Gasteiger partial charge on any atom is -0.497 e. The van der Waals surface area contributed by atoms with Crippen molar-refractivity contribution in [2.24, 2.45) is 0 Å². The Kier molecular flexibility index (Phi) is 5.83. The van der Waals surface area contributed by atoms with E-state index in [0.717, 1.165) is 10.0 Å². The van der Waals surface area contributed by atoms with Crippen molar-refractivity contribution in [3.05, 3.63) is 58.6 Å².